The molecule has 108 valence electrons. The number of benzene rings is 1. The van der Waals surface area contributed by atoms with Gasteiger partial charge in [0.2, 0.25) is 0 Å². The zero-order valence-corrected chi connectivity index (χ0v) is 11.7. The first-order chi connectivity index (χ1) is 9.52. The molecular formula is C14H16ClNO4. The topological polar surface area (TPSA) is 75.6 Å². The summed E-state index contributed by atoms with van der Waals surface area (Å²) in [6, 6.07) is 6.62. The quantitative estimate of drug-likeness (QED) is 0.874. The average molecular weight is 298 g/mol. The van der Waals surface area contributed by atoms with Gasteiger partial charge in [-0.05, 0) is 37.1 Å². The first-order valence-electron chi connectivity index (χ1n) is 6.45. The van der Waals surface area contributed by atoms with Crippen molar-refractivity contribution in [2.24, 2.45) is 0 Å². The molecule has 1 aliphatic rings. The van der Waals surface area contributed by atoms with E-state index >= 15 is 0 Å². The fourth-order valence-electron chi connectivity index (χ4n) is 2.35. The third-order valence-electron chi connectivity index (χ3n) is 3.43. The van der Waals surface area contributed by atoms with Gasteiger partial charge in [-0.1, -0.05) is 24.4 Å². The number of hydrogen-bond donors (Lipinski definition) is 2. The van der Waals surface area contributed by atoms with Crippen LogP contribution in [0.4, 0.5) is 0 Å². The number of ether oxygens (including phenoxy) is 1. The van der Waals surface area contributed by atoms with Crippen LogP contribution in [0.2, 0.25) is 5.02 Å². The molecule has 6 heteroatoms. The molecule has 2 N–H and O–H groups in total. The maximum Gasteiger partial charge on any atom is 0.329 e. The van der Waals surface area contributed by atoms with Gasteiger partial charge in [0.15, 0.2) is 6.61 Å². The molecule has 1 aromatic rings. The molecule has 1 amide bonds. The molecule has 0 atom stereocenters. The van der Waals surface area contributed by atoms with E-state index in [1.165, 1.54) is 0 Å². The minimum Gasteiger partial charge on any atom is -0.484 e. The summed E-state index contributed by atoms with van der Waals surface area (Å²) in [6.07, 6.45) is 2.55. The summed E-state index contributed by atoms with van der Waals surface area (Å²) in [6.45, 7) is -0.212. The van der Waals surface area contributed by atoms with E-state index in [1.807, 2.05) is 0 Å². The highest BCUT2D eigenvalue weighted by Gasteiger charge is 2.42. The second-order valence-corrected chi connectivity index (χ2v) is 5.32. The van der Waals surface area contributed by atoms with E-state index in [2.05, 4.69) is 5.32 Å². The maximum absolute atomic E-state index is 11.8. The fraction of sp³-hybridized carbons (Fsp3) is 0.429. The summed E-state index contributed by atoms with van der Waals surface area (Å²) < 4.78 is 5.29. The van der Waals surface area contributed by atoms with Crippen molar-refractivity contribution < 1.29 is 19.4 Å². The van der Waals surface area contributed by atoms with E-state index in [9.17, 15) is 14.7 Å². The second-order valence-electron chi connectivity index (χ2n) is 4.89. The Kier molecular flexibility index (Phi) is 4.49. The van der Waals surface area contributed by atoms with Gasteiger partial charge in [0.25, 0.3) is 5.91 Å². The highest BCUT2D eigenvalue weighted by atomic mass is 35.5. The first kappa shape index (κ1) is 14.7. The van der Waals surface area contributed by atoms with Gasteiger partial charge in [-0.3, -0.25) is 4.79 Å². The highest BCUT2D eigenvalue weighted by Crippen LogP contribution is 2.29. The molecule has 1 fully saturated rings. The molecule has 2 rings (SSSR count). The number of rotatable bonds is 5. The van der Waals surface area contributed by atoms with E-state index in [1.54, 1.807) is 24.3 Å². The summed E-state index contributed by atoms with van der Waals surface area (Å²) in [5.41, 5.74) is -1.12. The maximum atomic E-state index is 11.8. The number of nitrogens with one attached hydrogen (secondary N) is 1. The molecule has 0 aromatic heterocycles. The van der Waals surface area contributed by atoms with Gasteiger partial charge in [0.1, 0.15) is 11.3 Å². The molecule has 0 unspecified atom stereocenters. The van der Waals surface area contributed by atoms with Crippen LogP contribution in [-0.4, -0.2) is 29.1 Å². The smallest absolute Gasteiger partial charge is 0.329 e. The Morgan fingerprint density at radius 3 is 2.40 bits per heavy atom. The molecule has 0 heterocycles. The van der Waals surface area contributed by atoms with Crippen LogP contribution in [0, 0.1) is 0 Å². The van der Waals surface area contributed by atoms with Crippen molar-refractivity contribution >= 4 is 23.5 Å². The molecule has 1 aliphatic carbocycles. The van der Waals surface area contributed by atoms with Crippen LogP contribution in [0.5, 0.6) is 5.75 Å². The number of hydrogen-bond acceptors (Lipinski definition) is 3. The lowest BCUT2D eigenvalue weighted by atomic mass is 9.98. The number of amides is 1. The Morgan fingerprint density at radius 1 is 1.25 bits per heavy atom. The largest absolute Gasteiger partial charge is 0.484 e. The van der Waals surface area contributed by atoms with Crippen LogP contribution in [0.3, 0.4) is 0 Å². The summed E-state index contributed by atoms with van der Waals surface area (Å²) in [4.78, 5) is 23.1. The van der Waals surface area contributed by atoms with Crippen LogP contribution in [0.25, 0.3) is 0 Å². The zero-order chi connectivity index (χ0) is 14.6. The van der Waals surface area contributed by atoms with Crippen molar-refractivity contribution in [1.82, 2.24) is 5.32 Å². The van der Waals surface area contributed by atoms with Crippen molar-refractivity contribution in [2.45, 2.75) is 31.2 Å². The van der Waals surface area contributed by atoms with E-state index in [-0.39, 0.29) is 6.61 Å². The van der Waals surface area contributed by atoms with Crippen molar-refractivity contribution in [3.05, 3.63) is 29.3 Å². The van der Waals surface area contributed by atoms with E-state index in [4.69, 9.17) is 16.3 Å². The number of carbonyl (C=O) groups is 2. The molecule has 1 saturated carbocycles. The number of aliphatic carboxylic acids is 1. The van der Waals surface area contributed by atoms with E-state index < -0.39 is 17.4 Å². The van der Waals surface area contributed by atoms with Crippen LogP contribution in [0.15, 0.2) is 24.3 Å². The number of carboxylic acids is 1. The lowest BCUT2D eigenvalue weighted by molar-refractivity contribution is -0.147. The van der Waals surface area contributed by atoms with Crippen LogP contribution in [0.1, 0.15) is 25.7 Å². The molecule has 1 aromatic carbocycles. The average Bonchev–Trinajstić information content (AvgIpc) is 2.88. The highest BCUT2D eigenvalue weighted by molar-refractivity contribution is 6.30. The minimum absolute atomic E-state index is 0.212. The van der Waals surface area contributed by atoms with Crippen LogP contribution in [-0.2, 0) is 9.59 Å². The third kappa shape index (κ3) is 3.42. The van der Waals surface area contributed by atoms with Gasteiger partial charge < -0.3 is 15.2 Å². The van der Waals surface area contributed by atoms with Crippen LogP contribution < -0.4 is 10.1 Å². The normalized spacial score (nSPS) is 16.6. The third-order valence-corrected chi connectivity index (χ3v) is 3.68. The Balaban J connectivity index is 1.89. The van der Waals surface area contributed by atoms with Crippen molar-refractivity contribution in [3.63, 3.8) is 0 Å². The Bertz CT molecular complexity index is 494. The molecule has 0 radical (unpaired) electrons. The number of halogens is 1. The molecule has 0 spiro atoms. The molecule has 20 heavy (non-hydrogen) atoms. The summed E-state index contributed by atoms with van der Waals surface area (Å²) >= 11 is 5.74. The first-order valence-corrected chi connectivity index (χ1v) is 6.82. The molecule has 5 nitrogen and oxygen atoms in total. The zero-order valence-electron chi connectivity index (χ0n) is 10.9. The summed E-state index contributed by atoms with van der Waals surface area (Å²) in [5, 5.41) is 12.4. The number of carbonyl (C=O) groups excluding carboxylic acids is 1. The second kappa shape index (κ2) is 6.13. The molecular weight excluding hydrogens is 282 g/mol. The fourth-order valence-corrected chi connectivity index (χ4v) is 2.48. The Labute approximate surface area is 121 Å². The Hall–Kier alpha value is -1.75. The summed E-state index contributed by atoms with van der Waals surface area (Å²) in [7, 11) is 0. The van der Waals surface area contributed by atoms with Gasteiger partial charge in [0.05, 0.1) is 0 Å². The predicted molar refractivity (Wildman–Crippen MR) is 73.9 cm³/mol. The molecule has 0 saturated heterocycles. The molecule has 0 bridgehead atoms. The van der Waals surface area contributed by atoms with Gasteiger partial charge in [-0.2, -0.15) is 0 Å². The van der Waals surface area contributed by atoms with Crippen molar-refractivity contribution in [1.29, 1.82) is 0 Å². The van der Waals surface area contributed by atoms with E-state index in [0.717, 1.165) is 12.8 Å². The standard InChI is InChI=1S/C14H16ClNO4/c15-10-3-5-11(6-4-10)20-9-12(17)16-14(13(18)19)7-1-2-8-14/h3-6H,1-2,7-9H2,(H,16,17)(H,18,19). The molecule has 0 aliphatic heterocycles. The lowest BCUT2D eigenvalue weighted by Crippen LogP contribution is -2.53. The SMILES string of the molecule is O=C(COc1ccc(Cl)cc1)NC1(C(=O)O)CCCC1. The predicted octanol–water partition coefficient (Wildman–Crippen LogP) is 2.23. The van der Waals surface area contributed by atoms with Gasteiger partial charge in [0, 0.05) is 5.02 Å². The van der Waals surface area contributed by atoms with E-state index in [0.29, 0.717) is 23.6 Å². The Morgan fingerprint density at radius 2 is 1.85 bits per heavy atom. The van der Waals surface area contributed by atoms with Crippen LogP contribution >= 0.6 is 11.6 Å². The number of carboxylic acid groups (broad SMARTS) is 1. The monoisotopic (exact) mass is 297 g/mol. The lowest BCUT2D eigenvalue weighted by Gasteiger charge is -2.25. The minimum atomic E-state index is -1.12. The van der Waals surface area contributed by atoms with Crippen molar-refractivity contribution in [2.75, 3.05) is 6.61 Å². The van der Waals surface area contributed by atoms with Gasteiger partial charge >= 0.3 is 5.97 Å². The van der Waals surface area contributed by atoms with Gasteiger partial charge in [-0.25, -0.2) is 4.79 Å². The van der Waals surface area contributed by atoms with Crippen molar-refractivity contribution in [3.8, 4) is 5.75 Å². The van der Waals surface area contributed by atoms with Gasteiger partial charge in [-0.15, -0.1) is 0 Å². The summed E-state index contributed by atoms with van der Waals surface area (Å²) in [5.74, 6) is -0.889.